The minimum atomic E-state index is -0.385. The molecule has 84 valence electrons. The Balaban J connectivity index is 2.78. The molecule has 0 unspecified atom stereocenters. The fourth-order valence-electron chi connectivity index (χ4n) is 1.70. The van der Waals surface area contributed by atoms with Gasteiger partial charge in [0.2, 0.25) is 0 Å². The summed E-state index contributed by atoms with van der Waals surface area (Å²) in [5, 5.41) is 9.60. The summed E-state index contributed by atoms with van der Waals surface area (Å²) in [5.41, 5.74) is 2.11. The Kier molecular flexibility index (Phi) is 2.99. The van der Waals surface area contributed by atoms with Crippen molar-refractivity contribution < 1.29 is 0 Å². The van der Waals surface area contributed by atoms with E-state index in [1.807, 2.05) is 19.1 Å². The number of nitrogens with zero attached hydrogens (tertiary/aromatic N) is 1. The number of nitriles is 1. The number of H-pyrrole nitrogens is 1. The monoisotopic (exact) mass is 244 g/mol. The predicted octanol–water partition coefficient (Wildman–Crippen LogP) is 2.88. The maximum Gasteiger partial charge on any atom is 0.266 e. The summed E-state index contributed by atoms with van der Waals surface area (Å²) in [6.07, 6.45) is 1.53. The van der Waals surface area contributed by atoms with Gasteiger partial charge in [-0.1, -0.05) is 17.7 Å². The highest BCUT2D eigenvalue weighted by atomic mass is 35.5. The Labute approximate surface area is 103 Å². The second-order valence-corrected chi connectivity index (χ2v) is 4.10. The van der Waals surface area contributed by atoms with Crippen molar-refractivity contribution >= 4 is 11.6 Å². The van der Waals surface area contributed by atoms with Gasteiger partial charge in [0.25, 0.3) is 5.56 Å². The molecule has 0 saturated carbocycles. The van der Waals surface area contributed by atoms with E-state index in [0.29, 0.717) is 10.6 Å². The van der Waals surface area contributed by atoms with Crippen molar-refractivity contribution in [2.24, 2.45) is 0 Å². The van der Waals surface area contributed by atoms with Crippen LogP contribution in [0.2, 0.25) is 5.02 Å². The van der Waals surface area contributed by atoms with Crippen molar-refractivity contribution in [1.29, 1.82) is 5.26 Å². The van der Waals surface area contributed by atoms with Crippen molar-refractivity contribution in [1.82, 2.24) is 4.98 Å². The SMILES string of the molecule is Cc1ccc(Cl)cc1-c1cc[nH]c(=O)c1C#N. The zero-order valence-corrected chi connectivity index (χ0v) is 9.88. The van der Waals surface area contributed by atoms with Crippen molar-refractivity contribution in [2.75, 3.05) is 0 Å². The van der Waals surface area contributed by atoms with Gasteiger partial charge in [0.05, 0.1) is 0 Å². The Morgan fingerprint density at radius 1 is 1.29 bits per heavy atom. The molecule has 1 aromatic carbocycles. The molecule has 0 fully saturated rings. The lowest BCUT2D eigenvalue weighted by Gasteiger charge is -2.07. The maximum absolute atomic E-state index is 11.5. The number of rotatable bonds is 1. The molecule has 3 nitrogen and oxygen atoms in total. The molecule has 1 N–H and O–H groups in total. The third kappa shape index (κ3) is 2.08. The predicted molar refractivity (Wildman–Crippen MR) is 67.0 cm³/mol. The first-order valence-electron chi connectivity index (χ1n) is 5.02. The van der Waals surface area contributed by atoms with Gasteiger partial charge in [0.15, 0.2) is 0 Å². The third-order valence-electron chi connectivity index (χ3n) is 2.56. The van der Waals surface area contributed by atoms with Gasteiger partial charge in [0.1, 0.15) is 11.6 Å². The molecule has 0 aliphatic heterocycles. The fraction of sp³-hybridized carbons (Fsp3) is 0.0769. The van der Waals surface area contributed by atoms with Crippen LogP contribution in [0.4, 0.5) is 0 Å². The average Bonchev–Trinajstić information content (AvgIpc) is 2.32. The molecule has 0 aliphatic carbocycles. The topological polar surface area (TPSA) is 56.6 Å². The van der Waals surface area contributed by atoms with Crippen LogP contribution in [0.3, 0.4) is 0 Å². The van der Waals surface area contributed by atoms with Gasteiger partial charge < -0.3 is 4.98 Å². The Morgan fingerprint density at radius 2 is 2.06 bits per heavy atom. The molecule has 2 rings (SSSR count). The summed E-state index contributed by atoms with van der Waals surface area (Å²) in [6, 6.07) is 9.02. The smallest absolute Gasteiger partial charge is 0.266 e. The van der Waals surface area contributed by atoms with Crippen LogP contribution >= 0.6 is 11.6 Å². The first-order chi connectivity index (χ1) is 8.13. The number of halogens is 1. The fourth-order valence-corrected chi connectivity index (χ4v) is 1.87. The van der Waals surface area contributed by atoms with Crippen LogP contribution in [0.15, 0.2) is 35.3 Å². The van der Waals surface area contributed by atoms with Crippen molar-refractivity contribution in [2.45, 2.75) is 6.92 Å². The van der Waals surface area contributed by atoms with Crippen LogP contribution in [-0.2, 0) is 0 Å². The van der Waals surface area contributed by atoms with Crippen LogP contribution < -0.4 is 5.56 Å². The molecule has 0 saturated heterocycles. The van der Waals surface area contributed by atoms with E-state index >= 15 is 0 Å². The van der Waals surface area contributed by atoms with Crippen LogP contribution in [0.5, 0.6) is 0 Å². The van der Waals surface area contributed by atoms with E-state index in [1.165, 1.54) is 6.20 Å². The van der Waals surface area contributed by atoms with Crippen molar-refractivity contribution in [3.63, 3.8) is 0 Å². The highest BCUT2D eigenvalue weighted by Crippen LogP contribution is 2.27. The standard InChI is InChI=1S/C13H9ClN2O/c1-8-2-3-9(14)6-11(8)10-4-5-16-13(17)12(10)7-15/h2-6H,1H3,(H,16,17). The summed E-state index contributed by atoms with van der Waals surface area (Å²) in [6.45, 7) is 1.91. The number of aryl methyl sites for hydroxylation is 1. The van der Waals surface area contributed by atoms with Crippen LogP contribution in [0.1, 0.15) is 11.1 Å². The van der Waals surface area contributed by atoms with E-state index in [2.05, 4.69) is 4.98 Å². The number of benzene rings is 1. The van der Waals surface area contributed by atoms with Crippen molar-refractivity contribution in [3.05, 3.63) is 57.0 Å². The largest absolute Gasteiger partial charge is 0.328 e. The van der Waals surface area contributed by atoms with Crippen LogP contribution in [0, 0.1) is 18.3 Å². The Morgan fingerprint density at radius 3 is 2.76 bits per heavy atom. The highest BCUT2D eigenvalue weighted by molar-refractivity contribution is 6.30. The van der Waals surface area contributed by atoms with Gasteiger partial charge in [-0.25, -0.2) is 0 Å². The Hall–Kier alpha value is -2.05. The number of pyridine rings is 1. The molecule has 0 atom stereocenters. The molecule has 0 aliphatic rings. The molecule has 0 bridgehead atoms. The summed E-state index contributed by atoms with van der Waals surface area (Å²) < 4.78 is 0. The Bertz CT molecular complexity index is 668. The quantitative estimate of drug-likeness (QED) is 0.839. The first kappa shape index (κ1) is 11.4. The van der Waals surface area contributed by atoms with E-state index in [4.69, 9.17) is 16.9 Å². The molecule has 1 aromatic heterocycles. The molecule has 0 radical (unpaired) electrons. The van der Waals surface area contributed by atoms with Gasteiger partial charge in [-0.15, -0.1) is 0 Å². The van der Waals surface area contributed by atoms with Gasteiger partial charge in [-0.05, 0) is 36.2 Å². The minimum absolute atomic E-state index is 0.109. The minimum Gasteiger partial charge on any atom is -0.328 e. The molecule has 4 heteroatoms. The lowest BCUT2D eigenvalue weighted by molar-refractivity contribution is 1.21. The van der Waals surface area contributed by atoms with E-state index in [0.717, 1.165) is 11.1 Å². The normalized spacial score (nSPS) is 9.94. The highest BCUT2D eigenvalue weighted by Gasteiger charge is 2.10. The zero-order chi connectivity index (χ0) is 12.4. The second-order valence-electron chi connectivity index (χ2n) is 3.67. The molecule has 2 aromatic rings. The first-order valence-corrected chi connectivity index (χ1v) is 5.39. The van der Waals surface area contributed by atoms with Gasteiger partial charge >= 0.3 is 0 Å². The van der Waals surface area contributed by atoms with E-state index in [9.17, 15) is 4.79 Å². The molecular formula is C13H9ClN2O. The molecule has 17 heavy (non-hydrogen) atoms. The zero-order valence-electron chi connectivity index (χ0n) is 9.12. The van der Waals surface area contributed by atoms with E-state index in [-0.39, 0.29) is 11.1 Å². The third-order valence-corrected chi connectivity index (χ3v) is 2.80. The van der Waals surface area contributed by atoms with Crippen molar-refractivity contribution in [3.8, 4) is 17.2 Å². The number of aromatic amines is 1. The molecule has 0 spiro atoms. The maximum atomic E-state index is 11.5. The van der Waals surface area contributed by atoms with E-state index < -0.39 is 0 Å². The average molecular weight is 245 g/mol. The van der Waals surface area contributed by atoms with Gasteiger partial charge in [-0.2, -0.15) is 5.26 Å². The lowest BCUT2D eigenvalue weighted by atomic mass is 9.98. The summed E-state index contributed by atoms with van der Waals surface area (Å²) in [4.78, 5) is 14.0. The van der Waals surface area contributed by atoms with Crippen LogP contribution in [0.25, 0.3) is 11.1 Å². The number of nitrogens with one attached hydrogen (secondary N) is 1. The van der Waals surface area contributed by atoms with Gasteiger partial charge in [-0.3, -0.25) is 4.79 Å². The molecule has 0 amide bonds. The summed E-state index contributed by atoms with van der Waals surface area (Å²) in [7, 11) is 0. The second kappa shape index (κ2) is 4.44. The summed E-state index contributed by atoms with van der Waals surface area (Å²) >= 11 is 5.93. The molecular weight excluding hydrogens is 236 g/mol. The van der Waals surface area contributed by atoms with E-state index in [1.54, 1.807) is 18.2 Å². The number of aromatic nitrogens is 1. The number of hydrogen-bond donors (Lipinski definition) is 1. The number of hydrogen-bond acceptors (Lipinski definition) is 2. The van der Waals surface area contributed by atoms with Crippen LogP contribution in [-0.4, -0.2) is 4.98 Å². The van der Waals surface area contributed by atoms with Gasteiger partial charge in [0, 0.05) is 16.8 Å². The summed E-state index contributed by atoms with van der Waals surface area (Å²) in [5.74, 6) is 0. The lowest BCUT2D eigenvalue weighted by Crippen LogP contribution is -2.10. The molecule has 1 heterocycles.